The van der Waals surface area contributed by atoms with Crippen LogP contribution in [0, 0.1) is 0 Å². The van der Waals surface area contributed by atoms with Crippen LogP contribution in [0.1, 0.15) is 6.92 Å². The number of piperazine rings is 1. The quantitative estimate of drug-likeness (QED) is 0.551. The first-order chi connectivity index (χ1) is 6.11. The summed E-state index contributed by atoms with van der Waals surface area (Å²) >= 11 is 0. The van der Waals surface area contributed by atoms with Crippen molar-refractivity contribution in [3.63, 3.8) is 0 Å². The molecule has 1 rings (SSSR count). The van der Waals surface area contributed by atoms with Gasteiger partial charge in [-0.3, -0.25) is 14.5 Å². The van der Waals surface area contributed by atoms with Crippen LogP contribution < -0.4 is 11.1 Å². The number of rotatable bonds is 3. The Morgan fingerprint density at radius 2 is 2.31 bits per heavy atom. The topological polar surface area (TPSA) is 75.4 Å². The molecule has 1 aliphatic heterocycles. The van der Waals surface area contributed by atoms with Crippen LogP contribution >= 0.6 is 0 Å². The fraction of sp³-hybridized carbons (Fsp3) is 0.750. The van der Waals surface area contributed by atoms with Gasteiger partial charge in [0.15, 0.2) is 0 Å². The normalized spacial score (nSPS) is 24.2. The second-order valence-corrected chi connectivity index (χ2v) is 3.27. The number of nitrogens with one attached hydrogen (secondary N) is 1. The van der Waals surface area contributed by atoms with E-state index in [1.54, 1.807) is 0 Å². The molecule has 0 aliphatic carbocycles. The highest BCUT2D eigenvalue weighted by Gasteiger charge is 2.26. The molecule has 0 aromatic rings. The zero-order chi connectivity index (χ0) is 9.84. The number of nitrogens with zero attached hydrogens (tertiary/aromatic N) is 1. The first kappa shape index (κ1) is 10.1. The Hall–Kier alpha value is -0.940. The van der Waals surface area contributed by atoms with Crippen molar-refractivity contribution in [2.75, 3.05) is 26.2 Å². The van der Waals surface area contributed by atoms with E-state index in [1.807, 2.05) is 4.90 Å². The maximum Gasteiger partial charge on any atom is 0.231 e. The Kier molecular flexibility index (Phi) is 3.39. The molecular formula is C8H15N3O2. The third-order valence-electron chi connectivity index (χ3n) is 2.18. The molecule has 13 heavy (non-hydrogen) atoms. The Balaban J connectivity index is 2.56. The van der Waals surface area contributed by atoms with Gasteiger partial charge < -0.3 is 11.1 Å². The molecule has 1 unspecified atom stereocenters. The summed E-state index contributed by atoms with van der Waals surface area (Å²) in [6, 6.07) is -0.193. The predicted octanol–water partition coefficient (Wildman–Crippen LogP) is -1.67. The summed E-state index contributed by atoms with van der Waals surface area (Å²) in [6.45, 7) is 3.82. The van der Waals surface area contributed by atoms with E-state index in [0.29, 0.717) is 13.1 Å². The summed E-state index contributed by atoms with van der Waals surface area (Å²) in [6.07, 6.45) is 0. The Bertz CT molecular complexity index is 217. The lowest BCUT2D eigenvalue weighted by Crippen LogP contribution is -2.56. The smallest absolute Gasteiger partial charge is 0.231 e. The van der Waals surface area contributed by atoms with Crippen LogP contribution in [0.3, 0.4) is 0 Å². The maximum atomic E-state index is 11.2. The Morgan fingerprint density at radius 3 is 2.85 bits per heavy atom. The van der Waals surface area contributed by atoms with Gasteiger partial charge in [0, 0.05) is 19.6 Å². The van der Waals surface area contributed by atoms with E-state index in [1.165, 1.54) is 6.92 Å². The summed E-state index contributed by atoms with van der Waals surface area (Å²) in [5.41, 5.74) is 5.07. The van der Waals surface area contributed by atoms with Gasteiger partial charge in [0.1, 0.15) is 5.78 Å². The second-order valence-electron chi connectivity index (χ2n) is 3.27. The van der Waals surface area contributed by atoms with E-state index in [-0.39, 0.29) is 24.3 Å². The molecule has 5 heteroatoms. The molecule has 1 atom stereocenters. The lowest BCUT2D eigenvalue weighted by molar-refractivity contribution is -0.125. The molecule has 0 radical (unpaired) electrons. The SMILES string of the molecule is CC(=O)C1CNCCN1CC(N)=O. The van der Waals surface area contributed by atoms with Gasteiger partial charge in [-0.15, -0.1) is 0 Å². The predicted molar refractivity (Wildman–Crippen MR) is 48.1 cm³/mol. The van der Waals surface area contributed by atoms with Gasteiger partial charge in [-0.25, -0.2) is 0 Å². The van der Waals surface area contributed by atoms with Crippen molar-refractivity contribution >= 4 is 11.7 Å². The second kappa shape index (κ2) is 4.34. The minimum atomic E-state index is -0.381. The summed E-state index contributed by atoms with van der Waals surface area (Å²) in [5, 5.41) is 3.10. The van der Waals surface area contributed by atoms with Crippen molar-refractivity contribution in [3.05, 3.63) is 0 Å². The Morgan fingerprint density at radius 1 is 1.62 bits per heavy atom. The lowest BCUT2D eigenvalue weighted by Gasteiger charge is -2.33. The number of primary amides is 1. The molecule has 0 saturated carbocycles. The summed E-state index contributed by atoms with van der Waals surface area (Å²) in [5.74, 6) is -0.304. The zero-order valence-electron chi connectivity index (χ0n) is 7.75. The van der Waals surface area contributed by atoms with Crippen molar-refractivity contribution in [1.82, 2.24) is 10.2 Å². The average Bonchev–Trinajstić information content (AvgIpc) is 2.03. The molecule has 0 spiro atoms. The van der Waals surface area contributed by atoms with Crippen LogP contribution in [0.4, 0.5) is 0 Å². The molecule has 1 amide bonds. The number of carbonyl (C=O) groups excluding carboxylic acids is 2. The molecule has 0 aromatic heterocycles. The van der Waals surface area contributed by atoms with Gasteiger partial charge in [0.05, 0.1) is 12.6 Å². The van der Waals surface area contributed by atoms with Crippen LogP contribution in [-0.4, -0.2) is 48.8 Å². The molecule has 5 nitrogen and oxygen atoms in total. The van der Waals surface area contributed by atoms with E-state index >= 15 is 0 Å². The van der Waals surface area contributed by atoms with E-state index in [9.17, 15) is 9.59 Å². The number of Topliss-reactive ketones (excluding diaryl/α,β-unsaturated/α-hetero) is 1. The van der Waals surface area contributed by atoms with Crippen molar-refractivity contribution in [1.29, 1.82) is 0 Å². The molecular weight excluding hydrogens is 170 g/mol. The van der Waals surface area contributed by atoms with E-state index < -0.39 is 0 Å². The number of ketones is 1. The van der Waals surface area contributed by atoms with Crippen LogP contribution in [0.2, 0.25) is 0 Å². The monoisotopic (exact) mass is 185 g/mol. The van der Waals surface area contributed by atoms with Gasteiger partial charge in [-0.05, 0) is 6.92 Å². The lowest BCUT2D eigenvalue weighted by atomic mass is 10.1. The zero-order valence-corrected chi connectivity index (χ0v) is 7.75. The number of carbonyl (C=O) groups is 2. The molecule has 1 heterocycles. The van der Waals surface area contributed by atoms with E-state index in [2.05, 4.69) is 5.32 Å². The third kappa shape index (κ3) is 2.78. The van der Waals surface area contributed by atoms with Crippen molar-refractivity contribution in [2.45, 2.75) is 13.0 Å². The summed E-state index contributed by atoms with van der Waals surface area (Å²) < 4.78 is 0. The number of hydrogen-bond acceptors (Lipinski definition) is 4. The molecule has 74 valence electrons. The van der Waals surface area contributed by atoms with Crippen LogP contribution in [0.25, 0.3) is 0 Å². The minimum Gasteiger partial charge on any atom is -0.369 e. The minimum absolute atomic E-state index is 0.0773. The molecule has 0 bridgehead atoms. The maximum absolute atomic E-state index is 11.2. The molecule has 0 aromatic carbocycles. The first-order valence-corrected chi connectivity index (χ1v) is 4.35. The standard InChI is InChI=1S/C8H15N3O2/c1-6(12)7-4-10-2-3-11(7)5-8(9)13/h7,10H,2-5H2,1H3,(H2,9,13). The van der Waals surface area contributed by atoms with Crippen molar-refractivity contribution in [2.24, 2.45) is 5.73 Å². The van der Waals surface area contributed by atoms with Crippen LogP contribution in [0.5, 0.6) is 0 Å². The molecule has 3 N–H and O–H groups in total. The summed E-state index contributed by atoms with van der Waals surface area (Å²) in [4.78, 5) is 23.7. The Labute approximate surface area is 77.3 Å². The van der Waals surface area contributed by atoms with Crippen molar-refractivity contribution in [3.8, 4) is 0 Å². The highest BCUT2D eigenvalue weighted by molar-refractivity contribution is 5.83. The third-order valence-corrected chi connectivity index (χ3v) is 2.18. The highest BCUT2D eigenvalue weighted by Crippen LogP contribution is 2.03. The van der Waals surface area contributed by atoms with Crippen molar-refractivity contribution < 1.29 is 9.59 Å². The van der Waals surface area contributed by atoms with Gasteiger partial charge in [0.25, 0.3) is 0 Å². The van der Waals surface area contributed by atoms with Gasteiger partial charge in [-0.2, -0.15) is 0 Å². The largest absolute Gasteiger partial charge is 0.369 e. The van der Waals surface area contributed by atoms with E-state index in [4.69, 9.17) is 5.73 Å². The van der Waals surface area contributed by atoms with Gasteiger partial charge in [-0.1, -0.05) is 0 Å². The molecule has 1 fully saturated rings. The number of nitrogens with two attached hydrogens (primary N) is 1. The van der Waals surface area contributed by atoms with Gasteiger partial charge >= 0.3 is 0 Å². The average molecular weight is 185 g/mol. The summed E-state index contributed by atoms with van der Waals surface area (Å²) in [7, 11) is 0. The van der Waals surface area contributed by atoms with Gasteiger partial charge in [0.2, 0.25) is 5.91 Å². The fourth-order valence-electron chi connectivity index (χ4n) is 1.54. The first-order valence-electron chi connectivity index (χ1n) is 4.35. The molecule has 1 aliphatic rings. The van der Waals surface area contributed by atoms with Crippen LogP contribution in [0.15, 0.2) is 0 Å². The fourth-order valence-corrected chi connectivity index (χ4v) is 1.54. The van der Waals surface area contributed by atoms with E-state index in [0.717, 1.165) is 6.54 Å². The highest BCUT2D eigenvalue weighted by atomic mass is 16.1. The number of amides is 1. The molecule has 1 saturated heterocycles. The van der Waals surface area contributed by atoms with Crippen LogP contribution in [-0.2, 0) is 9.59 Å². The number of hydrogen-bond donors (Lipinski definition) is 2.